The highest BCUT2D eigenvalue weighted by Gasteiger charge is 2.28. The molecular formula is C21H17ClO. The van der Waals surface area contributed by atoms with Crippen molar-refractivity contribution in [2.24, 2.45) is 0 Å². The Morgan fingerprint density at radius 2 is 1.96 bits per heavy atom. The van der Waals surface area contributed by atoms with Gasteiger partial charge in [0.15, 0.2) is 5.78 Å². The summed E-state index contributed by atoms with van der Waals surface area (Å²) in [6.07, 6.45) is 7.27. The molecule has 0 heterocycles. The van der Waals surface area contributed by atoms with Gasteiger partial charge in [-0.1, -0.05) is 55.1 Å². The quantitative estimate of drug-likeness (QED) is 0.614. The van der Waals surface area contributed by atoms with Crippen LogP contribution in [0.4, 0.5) is 0 Å². The molecule has 114 valence electrons. The fourth-order valence-electron chi connectivity index (χ4n) is 3.85. The zero-order valence-electron chi connectivity index (χ0n) is 12.8. The molecule has 0 saturated carbocycles. The number of hydrogen-bond acceptors (Lipinski definition) is 1. The molecule has 2 aliphatic rings. The van der Waals surface area contributed by atoms with Crippen LogP contribution in [0, 0.1) is 10.4 Å². The number of benzene rings is 2. The average Bonchev–Trinajstić information content (AvgIpc) is 2.59. The lowest BCUT2D eigenvalue weighted by molar-refractivity contribution is -0.116. The third-order valence-electron chi connectivity index (χ3n) is 4.88. The summed E-state index contributed by atoms with van der Waals surface area (Å²) in [5, 5.41) is 4.75. The number of halogens is 1. The number of ketones is 1. The molecule has 0 N–H and O–H groups in total. The molecule has 2 atom stereocenters. The maximum atomic E-state index is 12.4. The molecule has 4 rings (SSSR count). The lowest BCUT2D eigenvalue weighted by Gasteiger charge is -2.25. The third-order valence-corrected chi connectivity index (χ3v) is 5.19. The van der Waals surface area contributed by atoms with E-state index in [4.69, 9.17) is 11.6 Å². The van der Waals surface area contributed by atoms with Crippen molar-refractivity contribution in [3.8, 4) is 0 Å². The molecular weight excluding hydrogens is 304 g/mol. The molecule has 1 nitrogen and oxygen atoms in total. The largest absolute Gasteiger partial charge is 0.294 e. The second-order valence-electron chi connectivity index (χ2n) is 6.17. The van der Waals surface area contributed by atoms with Gasteiger partial charge in [0.1, 0.15) is 0 Å². The van der Waals surface area contributed by atoms with Crippen molar-refractivity contribution < 1.29 is 4.79 Å². The maximum Gasteiger partial charge on any atom is 0.162 e. The molecule has 0 fully saturated rings. The zero-order valence-corrected chi connectivity index (χ0v) is 13.5. The van der Waals surface area contributed by atoms with Crippen LogP contribution in [0.1, 0.15) is 23.5 Å². The van der Waals surface area contributed by atoms with E-state index in [9.17, 15) is 4.79 Å². The van der Waals surface area contributed by atoms with Crippen LogP contribution in [-0.2, 0) is 11.2 Å². The second kappa shape index (κ2) is 5.50. The highest BCUT2D eigenvalue weighted by atomic mass is 35.5. The van der Waals surface area contributed by atoms with Crippen LogP contribution in [0.25, 0.3) is 12.2 Å². The number of allylic oxidation sites excluding steroid dienone is 1. The van der Waals surface area contributed by atoms with Crippen LogP contribution in [0.5, 0.6) is 0 Å². The lowest BCUT2D eigenvalue weighted by atomic mass is 9.79. The monoisotopic (exact) mass is 320 g/mol. The highest BCUT2D eigenvalue weighted by molar-refractivity contribution is 6.24. The van der Waals surface area contributed by atoms with E-state index >= 15 is 0 Å². The molecule has 23 heavy (non-hydrogen) atoms. The van der Waals surface area contributed by atoms with Crippen molar-refractivity contribution in [3.63, 3.8) is 0 Å². The molecule has 0 spiro atoms. The normalized spacial score (nSPS) is 21.1. The molecule has 0 aromatic heterocycles. The predicted molar refractivity (Wildman–Crippen MR) is 94.6 cm³/mol. The van der Waals surface area contributed by atoms with Gasteiger partial charge in [-0.3, -0.25) is 4.79 Å². The number of hydrogen-bond donors (Lipinski definition) is 0. The van der Waals surface area contributed by atoms with Crippen molar-refractivity contribution in [3.05, 3.63) is 81.1 Å². The Morgan fingerprint density at radius 1 is 1.13 bits per heavy atom. The molecule has 0 amide bonds. The van der Waals surface area contributed by atoms with Crippen LogP contribution in [0.3, 0.4) is 0 Å². The van der Waals surface area contributed by atoms with E-state index in [1.54, 1.807) is 0 Å². The van der Waals surface area contributed by atoms with Gasteiger partial charge >= 0.3 is 0 Å². The van der Waals surface area contributed by atoms with Crippen LogP contribution in [0.2, 0.25) is 0 Å². The number of fused-ring (bicyclic) bond motifs is 4. The van der Waals surface area contributed by atoms with Gasteiger partial charge in [0.25, 0.3) is 0 Å². The van der Waals surface area contributed by atoms with Gasteiger partial charge < -0.3 is 0 Å². The lowest BCUT2D eigenvalue weighted by Crippen LogP contribution is -2.30. The molecule has 2 aromatic rings. The Labute approximate surface area is 139 Å². The van der Waals surface area contributed by atoms with E-state index in [0.717, 1.165) is 17.2 Å². The Kier molecular flexibility index (Phi) is 3.46. The number of rotatable bonds is 2. The van der Waals surface area contributed by atoms with Crippen molar-refractivity contribution >= 4 is 29.5 Å². The molecule has 0 saturated heterocycles. The van der Waals surface area contributed by atoms with E-state index in [1.165, 1.54) is 27.3 Å². The second-order valence-corrected chi connectivity index (χ2v) is 6.73. The first-order chi connectivity index (χ1) is 11.2. The standard InChI is InChI=1S/C21H17ClO/c1-2-20(23)19-12-15(22)11-14-8-9-17-16-6-4-3-5-13(16)7-10-18(17)21(14)19/h2-9,11,15,19H,1,10,12H2. The van der Waals surface area contributed by atoms with Gasteiger partial charge in [0.2, 0.25) is 0 Å². The van der Waals surface area contributed by atoms with Crippen LogP contribution < -0.4 is 10.4 Å². The van der Waals surface area contributed by atoms with Crippen molar-refractivity contribution in [2.75, 3.05) is 0 Å². The Balaban J connectivity index is 2.14. The summed E-state index contributed by atoms with van der Waals surface area (Å²) in [7, 11) is 0. The van der Waals surface area contributed by atoms with Gasteiger partial charge in [-0.25, -0.2) is 0 Å². The minimum absolute atomic E-state index is 0.0669. The zero-order chi connectivity index (χ0) is 16.0. The SMILES string of the molecule is C=CC(=O)C1CC(Cl)C=c2ccc3c(c21)CC=c1ccccc1=3. The van der Waals surface area contributed by atoms with Crippen molar-refractivity contribution in [2.45, 2.75) is 24.1 Å². The third kappa shape index (κ3) is 2.27. The first kappa shape index (κ1) is 14.5. The Hall–Kier alpha value is -2.12. The average molecular weight is 321 g/mol. The Morgan fingerprint density at radius 3 is 2.78 bits per heavy atom. The fourth-order valence-corrected chi connectivity index (χ4v) is 4.16. The Bertz CT molecular complexity index is 1030. The highest BCUT2D eigenvalue weighted by Crippen LogP contribution is 2.30. The van der Waals surface area contributed by atoms with Crippen molar-refractivity contribution in [1.29, 1.82) is 0 Å². The van der Waals surface area contributed by atoms with Crippen LogP contribution in [-0.4, -0.2) is 11.2 Å². The molecule has 2 aromatic carbocycles. The van der Waals surface area contributed by atoms with Gasteiger partial charge in [0.05, 0.1) is 5.38 Å². The van der Waals surface area contributed by atoms with Crippen LogP contribution in [0.15, 0.2) is 49.1 Å². The molecule has 2 unspecified atom stereocenters. The first-order valence-corrected chi connectivity index (χ1v) is 8.36. The summed E-state index contributed by atoms with van der Waals surface area (Å²) in [4.78, 5) is 12.4. The first-order valence-electron chi connectivity index (χ1n) is 7.92. The summed E-state index contributed by atoms with van der Waals surface area (Å²) in [5.74, 6) is -0.110. The molecule has 0 radical (unpaired) electrons. The summed E-state index contributed by atoms with van der Waals surface area (Å²) >= 11 is 6.35. The van der Waals surface area contributed by atoms with E-state index in [2.05, 4.69) is 55.1 Å². The van der Waals surface area contributed by atoms with E-state index in [0.29, 0.717) is 6.42 Å². The van der Waals surface area contributed by atoms with Gasteiger partial charge in [0, 0.05) is 5.92 Å². The summed E-state index contributed by atoms with van der Waals surface area (Å²) in [6, 6.07) is 12.7. The molecule has 0 bridgehead atoms. The predicted octanol–water partition coefficient (Wildman–Crippen LogP) is 2.94. The van der Waals surface area contributed by atoms with Gasteiger partial charge in [-0.05, 0) is 50.9 Å². The van der Waals surface area contributed by atoms with E-state index in [-0.39, 0.29) is 17.1 Å². The summed E-state index contributed by atoms with van der Waals surface area (Å²) in [6.45, 7) is 3.67. The number of carbonyl (C=O) groups excluding carboxylic acids is 1. The smallest absolute Gasteiger partial charge is 0.162 e. The van der Waals surface area contributed by atoms with Gasteiger partial charge in [-0.2, -0.15) is 0 Å². The fraction of sp³-hybridized carbons (Fsp3) is 0.190. The topological polar surface area (TPSA) is 17.1 Å². The summed E-state index contributed by atoms with van der Waals surface area (Å²) in [5.41, 5.74) is 2.41. The number of carbonyl (C=O) groups is 1. The number of alkyl halides is 1. The van der Waals surface area contributed by atoms with Crippen LogP contribution >= 0.6 is 11.6 Å². The maximum absolute atomic E-state index is 12.4. The van der Waals surface area contributed by atoms with E-state index in [1.807, 2.05) is 0 Å². The van der Waals surface area contributed by atoms with E-state index < -0.39 is 0 Å². The molecule has 0 aliphatic heterocycles. The molecule has 2 heteroatoms. The van der Waals surface area contributed by atoms with Gasteiger partial charge in [-0.15, -0.1) is 11.6 Å². The summed E-state index contributed by atoms with van der Waals surface area (Å²) < 4.78 is 0. The van der Waals surface area contributed by atoms with Crippen molar-refractivity contribution in [1.82, 2.24) is 0 Å². The minimum Gasteiger partial charge on any atom is -0.294 e. The molecule has 2 aliphatic carbocycles. The minimum atomic E-state index is -0.177.